The first-order chi connectivity index (χ1) is 9.88. The number of nitrogens with two attached hydrogens (primary N) is 1. The van der Waals surface area contributed by atoms with Crippen LogP contribution in [0.15, 0.2) is 18.2 Å². The number of hydrogen-bond acceptors (Lipinski definition) is 3. The maximum absolute atomic E-state index is 12.1. The summed E-state index contributed by atoms with van der Waals surface area (Å²) >= 11 is 0. The van der Waals surface area contributed by atoms with Crippen LogP contribution in [0.5, 0.6) is 0 Å². The minimum Gasteiger partial charge on any atom is -0.397 e. The zero-order valence-corrected chi connectivity index (χ0v) is 14.0. The quantitative estimate of drug-likeness (QED) is 0.619. The Bertz CT molecular complexity index is 469. The first kappa shape index (κ1) is 17.3. The van der Waals surface area contributed by atoms with Gasteiger partial charge in [-0.05, 0) is 38.5 Å². The van der Waals surface area contributed by atoms with Gasteiger partial charge >= 0.3 is 0 Å². The predicted molar refractivity (Wildman–Crippen MR) is 90.9 cm³/mol. The molecule has 0 atom stereocenters. The van der Waals surface area contributed by atoms with E-state index in [1.165, 1.54) is 12.8 Å². The van der Waals surface area contributed by atoms with Crippen molar-refractivity contribution in [3.8, 4) is 0 Å². The van der Waals surface area contributed by atoms with E-state index in [0.717, 1.165) is 24.3 Å². The van der Waals surface area contributed by atoms with Gasteiger partial charge in [-0.25, -0.2) is 0 Å². The van der Waals surface area contributed by atoms with Gasteiger partial charge in [0.05, 0.1) is 11.4 Å². The van der Waals surface area contributed by atoms with Crippen molar-refractivity contribution in [2.24, 2.45) is 0 Å². The molecule has 0 aliphatic carbocycles. The summed E-state index contributed by atoms with van der Waals surface area (Å²) in [5.74, 6) is 0.00788. The van der Waals surface area contributed by atoms with Crippen molar-refractivity contribution in [3.05, 3.63) is 23.8 Å². The minimum absolute atomic E-state index is 0.00788. The van der Waals surface area contributed by atoms with Crippen LogP contribution >= 0.6 is 0 Å². The third-order valence-corrected chi connectivity index (χ3v) is 3.62. The zero-order valence-electron chi connectivity index (χ0n) is 14.0. The highest BCUT2D eigenvalue weighted by Crippen LogP contribution is 2.27. The smallest absolute Gasteiger partial charge is 0.253 e. The molecule has 0 radical (unpaired) electrons. The largest absolute Gasteiger partial charge is 0.397 e. The number of anilines is 2. The number of rotatable bonds is 7. The summed E-state index contributed by atoms with van der Waals surface area (Å²) in [5, 5.41) is 0. The summed E-state index contributed by atoms with van der Waals surface area (Å²) in [5.41, 5.74) is 8.53. The van der Waals surface area contributed by atoms with E-state index in [4.69, 9.17) is 5.73 Å². The van der Waals surface area contributed by atoms with Gasteiger partial charge < -0.3 is 15.5 Å². The van der Waals surface area contributed by atoms with Crippen LogP contribution in [0.2, 0.25) is 0 Å². The monoisotopic (exact) mass is 291 g/mol. The Morgan fingerprint density at radius 3 is 2.43 bits per heavy atom. The van der Waals surface area contributed by atoms with Gasteiger partial charge in [0, 0.05) is 32.2 Å². The van der Waals surface area contributed by atoms with Crippen molar-refractivity contribution in [2.75, 3.05) is 31.3 Å². The predicted octanol–water partition coefficient (Wildman–Crippen LogP) is 3.38. The second-order valence-corrected chi connectivity index (χ2v) is 5.97. The van der Waals surface area contributed by atoms with Gasteiger partial charge in [-0.1, -0.05) is 19.8 Å². The molecular weight excluding hydrogens is 262 g/mol. The van der Waals surface area contributed by atoms with E-state index in [-0.39, 0.29) is 5.91 Å². The highest BCUT2D eigenvalue weighted by molar-refractivity contribution is 5.96. The number of nitrogens with zero attached hydrogens (tertiary/aromatic N) is 2. The molecule has 1 amide bonds. The molecule has 0 saturated carbocycles. The molecule has 0 aromatic heterocycles. The standard InChI is InChI=1S/C17H29N3O/c1-6-7-8-11-20(13(2)3)16-12-14(9-10-15(16)18)17(21)19(4)5/h9-10,12-13H,6-8,11,18H2,1-5H3. The molecule has 4 nitrogen and oxygen atoms in total. The fraction of sp³-hybridized carbons (Fsp3) is 0.588. The molecule has 1 rings (SSSR count). The number of nitrogen functional groups attached to an aromatic ring is 1. The molecule has 0 unspecified atom stereocenters. The Labute approximate surface area is 128 Å². The maximum Gasteiger partial charge on any atom is 0.253 e. The normalized spacial score (nSPS) is 10.8. The summed E-state index contributed by atoms with van der Waals surface area (Å²) in [4.78, 5) is 16.0. The number of carbonyl (C=O) groups excluding carboxylic acids is 1. The average molecular weight is 291 g/mol. The third kappa shape index (κ3) is 4.66. The van der Waals surface area contributed by atoms with Gasteiger partial charge in [0.15, 0.2) is 0 Å². The van der Waals surface area contributed by atoms with E-state index in [1.807, 2.05) is 12.1 Å². The van der Waals surface area contributed by atoms with Crippen molar-refractivity contribution in [2.45, 2.75) is 46.1 Å². The molecule has 21 heavy (non-hydrogen) atoms. The van der Waals surface area contributed by atoms with Crippen LogP contribution < -0.4 is 10.6 Å². The van der Waals surface area contributed by atoms with Crippen LogP contribution in [0.3, 0.4) is 0 Å². The molecular formula is C17H29N3O. The molecule has 4 heteroatoms. The van der Waals surface area contributed by atoms with E-state index >= 15 is 0 Å². The summed E-state index contributed by atoms with van der Waals surface area (Å²) in [6.07, 6.45) is 3.54. The van der Waals surface area contributed by atoms with Gasteiger partial charge in [0.25, 0.3) is 5.91 Å². The lowest BCUT2D eigenvalue weighted by molar-refractivity contribution is 0.0827. The number of carbonyl (C=O) groups is 1. The average Bonchev–Trinajstić information content (AvgIpc) is 2.43. The van der Waals surface area contributed by atoms with Crippen LogP contribution in [-0.4, -0.2) is 37.5 Å². The molecule has 0 aliphatic heterocycles. The van der Waals surface area contributed by atoms with Gasteiger partial charge in [0.2, 0.25) is 0 Å². The van der Waals surface area contributed by atoms with Crippen molar-refractivity contribution in [1.82, 2.24) is 4.90 Å². The highest BCUT2D eigenvalue weighted by Gasteiger charge is 2.16. The molecule has 0 heterocycles. The third-order valence-electron chi connectivity index (χ3n) is 3.62. The minimum atomic E-state index is 0.00788. The van der Waals surface area contributed by atoms with E-state index in [1.54, 1.807) is 25.1 Å². The summed E-state index contributed by atoms with van der Waals surface area (Å²) in [6.45, 7) is 7.48. The molecule has 1 aromatic rings. The zero-order chi connectivity index (χ0) is 16.0. The lowest BCUT2D eigenvalue weighted by Crippen LogP contribution is -2.33. The SMILES string of the molecule is CCCCCN(c1cc(C(=O)N(C)C)ccc1N)C(C)C. The van der Waals surface area contributed by atoms with Crippen molar-refractivity contribution < 1.29 is 4.79 Å². The highest BCUT2D eigenvalue weighted by atomic mass is 16.2. The summed E-state index contributed by atoms with van der Waals surface area (Å²) in [6, 6.07) is 5.91. The van der Waals surface area contributed by atoms with Crippen molar-refractivity contribution >= 4 is 17.3 Å². The Hall–Kier alpha value is -1.71. The van der Waals surface area contributed by atoms with Crippen LogP contribution in [0.25, 0.3) is 0 Å². The molecule has 0 spiro atoms. The Balaban J connectivity index is 3.06. The van der Waals surface area contributed by atoms with E-state index in [9.17, 15) is 4.79 Å². The second kappa shape index (κ2) is 7.91. The number of hydrogen-bond donors (Lipinski definition) is 1. The summed E-state index contributed by atoms with van der Waals surface area (Å²) < 4.78 is 0. The maximum atomic E-state index is 12.1. The van der Waals surface area contributed by atoms with E-state index < -0.39 is 0 Å². The van der Waals surface area contributed by atoms with Crippen LogP contribution in [0.4, 0.5) is 11.4 Å². The first-order valence-corrected chi connectivity index (χ1v) is 7.76. The summed E-state index contributed by atoms with van der Waals surface area (Å²) in [7, 11) is 3.53. The molecule has 118 valence electrons. The van der Waals surface area contributed by atoms with Crippen LogP contribution in [0.1, 0.15) is 50.4 Å². The Kier molecular flexibility index (Phi) is 6.53. The Morgan fingerprint density at radius 2 is 1.90 bits per heavy atom. The molecule has 0 fully saturated rings. The van der Waals surface area contributed by atoms with E-state index in [0.29, 0.717) is 11.6 Å². The Morgan fingerprint density at radius 1 is 1.24 bits per heavy atom. The van der Waals surface area contributed by atoms with Gasteiger partial charge in [0.1, 0.15) is 0 Å². The fourth-order valence-corrected chi connectivity index (χ4v) is 2.37. The molecule has 0 bridgehead atoms. The van der Waals surface area contributed by atoms with Gasteiger partial charge in [-0.3, -0.25) is 4.79 Å². The van der Waals surface area contributed by atoms with Crippen LogP contribution in [0, 0.1) is 0 Å². The van der Waals surface area contributed by atoms with Gasteiger partial charge in [-0.15, -0.1) is 0 Å². The number of unbranched alkanes of at least 4 members (excludes halogenated alkanes) is 2. The van der Waals surface area contributed by atoms with Crippen molar-refractivity contribution in [1.29, 1.82) is 0 Å². The fourth-order valence-electron chi connectivity index (χ4n) is 2.37. The van der Waals surface area contributed by atoms with Crippen molar-refractivity contribution in [3.63, 3.8) is 0 Å². The lowest BCUT2D eigenvalue weighted by Gasteiger charge is -2.30. The van der Waals surface area contributed by atoms with E-state index in [2.05, 4.69) is 25.7 Å². The van der Waals surface area contributed by atoms with Gasteiger partial charge in [-0.2, -0.15) is 0 Å². The molecule has 0 saturated heterocycles. The first-order valence-electron chi connectivity index (χ1n) is 7.76. The lowest BCUT2D eigenvalue weighted by atomic mass is 10.1. The number of amides is 1. The molecule has 1 aromatic carbocycles. The molecule has 0 aliphatic rings. The topological polar surface area (TPSA) is 49.6 Å². The second-order valence-electron chi connectivity index (χ2n) is 5.97. The van der Waals surface area contributed by atoms with Crippen LogP contribution in [-0.2, 0) is 0 Å². The number of benzene rings is 1. The molecule has 2 N–H and O–H groups in total.